The number of amides is 1. The smallest absolute Gasteiger partial charge is 0.217 e. The van der Waals surface area contributed by atoms with Crippen LogP contribution in [-0.4, -0.2) is 55.9 Å². The molecular formula is C26H27N9OS. The van der Waals surface area contributed by atoms with E-state index in [1.807, 2.05) is 30.5 Å². The molecule has 1 aliphatic carbocycles. The highest BCUT2D eigenvalue weighted by atomic mass is 32.1. The second-order valence-electron chi connectivity index (χ2n) is 10.1. The van der Waals surface area contributed by atoms with Crippen LogP contribution < -0.4 is 15.5 Å². The van der Waals surface area contributed by atoms with Crippen molar-refractivity contribution in [1.82, 2.24) is 30.1 Å². The minimum absolute atomic E-state index is 0.0447. The van der Waals surface area contributed by atoms with E-state index >= 15 is 0 Å². The second-order valence-corrected chi connectivity index (χ2v) is 11.1. The van der Waals surface area contributed by atoms with Gasteiger partial charge in [0, 0.05) is 44.0 Å². The van der Waals surface area contributed by atoms with Crippen molar-refractivity contribution in [2.75, 3.05) is 23.3 Å². The quantitative estimate of drug-likeness (QED) is 0.401. The van der Waals surface area contributed by atoms with Crippen molar-refractivity contribution in [3.05, 3.63) is 42.2 Å². The Kier molecular flexibility index (Phi) is 5.76. The summed E-state index contributed by atoms with van der Waals surface area (Å²) in [6.07, 6.45) is 4.56. The Morgan fingerprint density at radius 3 is 2.73 bits per heavy atom. The molecule has 0 radical (unpaired) electrons. The van der Waals surface area contributed by atoms with Gasteiger partial charge in [-0.2, -0.15) is 10.4 Å². The van der Waals surface area contributed by atoms with Gasteiger partial charge in [0.2, 0.25) is 11.0 Å². The van der Waals surface area contributed by atoms with Gasteiger partial charge in [-0.3, -0.25) is 9.78 Å². The number of fused-ring (bicyclic) bond motifs is 3. The monoisotopic (exact) mass is 513 g/mol. The minimum Gasteiger partial charge on any atom is -0.382 e. The lowest BCUT2D eigenvalue weighted by atomic mass is 9.66. The van der Waals surface area contributed by atoms with Crippen molar-refractivity contribution in [1.29, 1.82) is 5.26 Å². The van der Waals surface area contributed by atoms with Gasteiger partial charge >= 0.3 is 0 Å². The van der Waals surface area contributed by atoms with Crippen LogP contribution in [0.15, 0.2) is 36.7 Å². The molecule has 11 heteroatoms. The molecule has 0 spiro atoms. The van der Waals surface area contributed by atoms with Crippen LogP contribution in [0.3, 0.4) is 0 Å². The van der Waals surface area contributed by atoms with Crippen LogP contribution in [0.4, 0.5) is 10.8 Å². The lowest BCUT2D eigenvalue weighted by Gasteiger charge is -2.53. The third-order valence-corrected chi connectivity index (χ3v) is 8.07. The van der Waals surface area contributed by atoms with Gasteiger partial charge in [0.25, 0.3) is 0 Å². The van der Waals surface area contributed by atoms with E-state index in [-0.39, 0.29) is 18.0 Å². The Morgan fingerprint density at radius 2 is 2.00 bits per heavy atom. The lowest BCUT2D eigenvalue weighted by Crippen LogP contribution is -2.64. The maximum Gasteiger partial charge on any atom is 0.217 e. The first kappa shape index (κ1) is 23.4. The van der Waals surface area contributed by atoms with Crippen LogP contribution in [0.25, 0.3) is 27.5 Å². The average Bonchev–Trinajstić information content (AvgIpc) is 3.54. The largest absolute Gasteiger partial charge is 0.382 e. The van der Waals surface area contributed by atoms with Gasteiger partial charge in [-0.15, -0.1) is 10.2 Å². The van der Waals surface area contributed by atoms with Crippen molar-refractivity contribution in [3.8, 4) is 28.0 Å². The van der Waals surface area contributed by atoms with E-state index in [0.29, 0.717) is 17.4 Å². The molecule has 2 N–H and O–H groups in total. The number of anilines is 2. The molecule has 37 heavy (non-hydrogen) atoms. The molecule has 2 unspecified atom stereocenters. The number of hydrogen-bond donors (Lipinski definition) is 2. The Hall–Kier alpha value is -4.04. The zero-order valence-corrected chi connectivity index (χ0v) is 21.7. The fraction of sp³-hybridized carbons (Fsp3) is 0.385. The lowest BCUT2D eigenvalue weighted by molar-refractivity contribution is -0.122. The molecule has 0 aromatic carbocycles. The predicted octanol–water partition coefficient (Wildman–Crippen LogP) is 3.57. The van der Waals surface area contributed by atoms with E-state index in [0.717, 1.165) is 57.8 Å². The van der Waals surface area contributed by atoms with E-state index in [2.05, 4.69) is 50.7 Å². The highest BCUT2D eigenvalue weighted by Gasteiger charge is 2.47. The van der Waals surface area contributed by atoms with Gasteiger partial charge in [-0.1, -0.05) is 11.3 Å². The minimum atomic E-state index is 0.0447. The number of pyridine rings is 1. The molecule has 2 atom stereocenters. The first-order valence-corrected chi connectivity index (χ1v) is 13.2. The number of nitriles is 1. The fourth-order valence-corrected chi connectivity index (χ4v) is 6.30. The Bertz CT molecular complexity index is 1520. The zero-order valence-electron chi connectivity index (χ0n) is 20.8. The van der Waals surface area contributed by atoms with Gasteiger partial charge in [0.15, 0.2) is 5.01 Å². The molecule has 1 amide bonds. The van der Waals surface area contributed by atoms with E-state index in [9.17, 15) is 10.1 Å². The zero-order chi connectivity index (χ0) is 25.7. The van der Waals surface area contributed by atoms with Crippen molar-refractivity contribution in [2.45, 2.75) is 39.3 Å². The number of aromatic nitrogens is 5. The van der Waals surface area contributed by atoms with E-state index in [1.165, 1.54) is 0 Å². The molecule has 4 aromatic heterocycles. The van der Waals surface area contributed by atoms with Crippen molar-refractivity contribution in [3.63, 3.8) is 0 Å². The van der Waals surface area contributed by atoms with Gasteiger partial charge in [-0.05, 0) is 56.4 Å². The summed E-state index contributed by atoms with van der Waals surface area (Å²) < 4.78 is 1.79. The predicted molar refractivity (Wildman–Crippen MR) is 142 cm³/mol. The molecular weight excluding hydrogens is 486 g/mol. The summed E-state index contributed by atoms with van der Waals surface area (Å²) in [5, 5.41) is 31.0. The molecule has 10 nitrogen and oxygen atoms in total. The maximum atomic E-state index is 11.5. The summed E-state index contributed by atoms with van der Waals surface area (Å²) in [4.78, 5) is 18.6. The van der Waals surface area contributed by atoms with Crippen LogP contribution in [0.1, 0.15) is 32.8 Å². The van der Waals surface area contributed by atoms with Crippen LogP contribution >= 0.6 is 11.3 Å². The van der Waals surface area contributed by atoms with Crippen molar-refractivity contribution in [2.24, 2.45) is 11.8 Å². The maximum absolute atomic E-state index is 11.5. The summed E-state index contributed by atoms with van der Waals surface area (Å²) in [5.41, 5.74) is 4.81. The number of carbonyl (C=O) groups excluding carboxylic acids is 1. The van der Waals surface area contributed by atoms with Crippen LogP contribution in [0, 0.1) is 23.2 Å². The standard InChI is InChI=1S/C26H27N9OS/c1-14(2)30-21-8-22(23-5-4-19-6-16(9-27)10-29-35(19)23)28-11-20(21)25-32-33-26(37-25)34-12-17-7-18(13-34)24(17)31-15(3)36/h4-6,8,10-11,14,17-18,24H,7,12-13H2,1-3H3,(H,28,30)(H,31,36). The summed E-state index contributed by atoms with van der Waals surface area (Å²) in [5.74, 6) is 0.969. The van der Waals surface area contributed by atoms with Crippen LogP contribution in [0.5, 0.6) is 0 Å². The Labute approximate surface area is 218 Å². The third kappa shape index (κ3) is 4.27. The number of nitrogens with zero attached hydrogens (tertiary/aromatic N) is 7. The molecule has 4 aromatic rings. The molecule has 6 heterocycles. The molecule has 2 bridgehead atoms. The third-order valence-electron chi connectivity index (χ3n) is 7.06. The number of piperidine rings is 2. The Balaban J connectivity index is 1.28. The summed E-state index contributed by atoms with van der Waals surface area (Å²) >= 11 is 1.57. The normalized spacial score (nSPS) is 20.5. The first-order valence-electron chi connectivity index (χ1n) is 12.4. The van der Waals surface area contributed by atoms with E-state index in [4.69, 9.17) is 4.98 Å². The van der Waals surface area contributed by atoms with Crippen LogP contribution in [0.2, 0.25) is 0 Å². The summed E-state index contributed by atoms with van der Waals surface area (Å²) in [6, 6.07) is 10.4. The topological polar surface area (TPSA) is 124 Å². The highest BCUT2D eigenvalue weighted by Crippen LogP contribution is 2.43. The molecule has 7 rings (SSSR count). The summed E-state index contributed by atoms with van der Waals surface area (Å²) in [7, 11) is 0. The SMILES string of the molecule is CC(=O)NC1C2CC1CN(c1nnc(-c3cnc(-c4ccc5cc(C#N)cnn45)cc3NC(C)C)s1)C2. The first-order chi connectivity index (χ1) is 17.9. The van der Waals surface area contributed by atoms with E-state index in [1.54, 1.807) is 29.0 Å². The number of nitrogens with one attached hydrogen (secondary N) is 2. The number of carbonyl (C=O) groups is 1. The number of rotatable bonds is 6. The van der Waals surface area contributed by atoms with Gasteiger partial charge in [-0.25, -0.2) is 4.52 Å². The second kappa shape index (κ2) is 9.12. The molecule has 2 saturated heterocycles. The Morgan fingerprint density at radius 1 is 1.19 bits per heavy atom. The van der Waals surface area contributed by atoms with Gasteiger partial charge < -0.3 is 15.5 Å². The molecule has 1 saturated carbocycles. The van der Waals surface area contributed by atoms with Gasteiger partial charge in [0.1, 0.15) is 6.07 Å². The highest BCUT2D eigenvalue weighted by molar-refractivity contribution is 7.18. The van der Waals surface area contributed by atoms with E-state index < -0.39 is 0 Å². The van der Waals surface area contributed by atoms with Crippen molar-refractivity contribution >= 4 is 33.6 Å². The number of hydrogen-bond acceptors (Lipinski definition) is 9. The fourth-order valence-electron chi connectivity index (χ4n) is 5.42. The van der Waals surface area contributed by atoms with Crippen LogP contribution in [-0.2, 0) is 4.79 Å². The molecule has 3 aliphatic rings. The van der Waals surface area contributed by atoms with Gasteiger partial charge in [0.05, 0.1) is 34.2 Å². The molecule has 2 aliphatic heterocycles. The average molecular weight is 514 g/mol. The summed E-state index contributed by atoms with van der Waals surface area (Å²) in [6.45, 7) is 7.54. The molecule has 188 valence electrons. The van der Waals surface area contributed by atoms with Crippen molar-refractivity contribution < 1.29 is 4.79 Å². The molecule has 3 fully saturated rings.